The quantitative estimate of drug-likeness (QED) is 0.863. The van der Waals surface area contributed by atoms with Crippen LogP contribution in [0.25, 0.3) is 0 Å². The van der Waals surface area contributed by atoms with Gasteiger partial charge in [-0.05, 0) is 25.0 Å². The van der Waals surface area contributed by atoms with E-state index in [2.05, 4.69) is 10.3 Å². The lowest BCUT2D eigenvalue weighted by molar-refractivity contribution is 0.0819. The van der Waals surface area contributed by atoms with Crippen molar-refractivity contribution < 1.29 is 4.79 Å². The highest BCUT2D eigenvalue weighted by Crippen LogP contribution is 2.33. The number of halogens is 3. The van der Waals surface area contributed by atoms with E-state index in [1.807, 2.05) is 4.90 Å². The second kappa shape index (κ2) is 6.94. The number of carbonyl (C=O) groups excluding carboxylic acids is 1. The standard InChI is InChI=1S/C13H16Cl3N3O/c14-13(15,16)12(19-7-2-1-3-8-19)18-11(20)10-5-4-6-17-9-10/h4-6,9,12H,1-3,7-8H2,(H,18,20)/t12-/m1/s1. The van der Waals surface area contributed by atoms with E-state index < -0.39 is 9.96 Å². The Morgan fingerprint density at radius 3 is 2.55 bits per heavy atom. The first-order valence-corrected chi connectivity index (χ1v) is 7.63. The predicted octanol–water partition coefficient (Wildman–Crippen LogP) is 2.99. The molecule has 4 nitrogen and oxygen atoms in total. The molecule has 0 spiro atoms. The minimum Gasteiger partial charge on any atom is -0.332 e. The number of nitrogens with one attached hydrogen (secondary N) is 1. The summed E-state index contributed by atoms with van der Waals surface area (Å²) in [6, 6.07) is 3.37. The fourth-order valence-electron chi connectivity index (χ4n) is 2.26. The topological polar surface area (TPSA) is 45.2 Å². The maximum atomic E-state index is 12.2. The molecule has 20 heavy (non-hydrogen) atoms. The molecular formula is C13H16Cl3N3O. The number of carbonyl (C=O) groups is 1. The molecule has 1 aromatic heterocycles. The molecule has 1 saturated heterocycles. The van der Waals surface area contributed by atoms with E-state index in [9.17, 15) is 4.79 Å². The van der Waals surface area contributed by atoms with E-state index in [-0.39, 0.29) is 5.91 Å². The van der Waals surface area contributed by atoms with Gasteiger partial charge in [-0.1, -0.05) is 41.2 Å². The number of rotatable bonds is 3. The first-order chi connectivity index (χ1) is 9.48. The average Bonchev–Trinajstić information content (AvgIpc) is 2.45. The number of hydrogen-bond acceptors (Lipinski definition) is 3. The zero-order valence-electron chi connectivity index (χ0n) is 10.9. The van der Waals surface area contributed by atoms with Gasteiger partial charge < -0.3 is 5.32 Å². The molecule has 0 saturated carbocycles. The van der Waals surface area contributed by atoms with Crippen LogP contribution < -0.4 is 5.32 Å². The lowest BCUT2D eigenvalue weighted by Crippen LogP contribution is -2.56. The normalized spacial score (nSPS) is 18.6. The fraction of sp³-hybridized carbons (Fsp3) is 0.538. The van der Waals surface area contributed by atoms with E-state index in [1.165, 1.54) is 12.6 Å². The summed E-state index contributed by atoms with van der Waals surface area (Å²) in [6.45, 7) is 1.62. The van der Waals surface area contributed by atoms with Gasteiger partial charge in [-0.3, -0.25) is 14.7 Å². The summed E-state index contributed by atoms with van der Waals surface area (Å²) in [4.78, 5) is 18.1. The molecule has 0 aliphatic carbocycles. The Balaban J connectivity index is 2.10. The Bertz CT molecular complexity index is 444. The minimum atomic E-state index is -1.57. The number of amides is 1. The van der Waals surface area contributed by atoms with Crippen LogP contribution in [-0.2, 0) is 0 Å². The summed E-state index contributed by atoms with van der Waals surface area (Å²) < 4.78 is -1.57. The Morgan fingerprint density at radius 2 is 2.00 bits per heavy atom. The number of alkyl halides is 3. The maximum Gasteiger partial charge on any atom is 0.254 e. The van der Waals surface area contributed by atoms with Crippen LogP contribution >= 0.6 is 34.8 Å². The number of piperidine rings is 1. The van der Waals surface area contributed by atoms with Gasteiger partial charge in [0, 0.05) is 25.5 Å². The fourth-order valence-corrected chi connectivity index (χ4v) is 2.84. The van der Waals surface area contributed by atoms with Crippen LogP contribution in [0.1, 0.15) is 29.6 Å². The van der Waals surface area contributed by atoms with Crippen molar-refractivity contribution in [2.45, 2.75) is 29.2 Å². The zero-order chi connectivity index (χ0) is 14.6. The molecule has 0 unspecified atom stereocenters. The summed E-state index contributed by atoms with van der Waals surface area (Å²) in [5.41, 5.74) is 0.448. The van der Waals surface area contributed by atoms with Gasteiger partial charge in [-0.15, -0.1) is 0 Å². The van der Waals surface area contributed by atoms with Crippen LogP contribution in [0.2, 0.25) is 0 Å². The van der Waals surface area contributed by atoms with E-state index in [4.69, 9.17) is 34.8 Å². The minimum absolute atomic E-state index is 0.292. The second-order valence-electron chi connectivity index (χ2n) is 4.76. The molecule has 0 radical (unpaired) electrons. The first-order valence-electron chi connectivity index (χ1n) is 6.50. The van der Waals surface area contributed by atoms with Gasteiger partial charge in [-0.25, -0.2) is 0 Å². The SMILES string of the molecule is O=C(N[C@H](N1CCCCC1)C(Cl)(Cl)Cl)c1cccnc1. The number of aromatic nitrogens is 1. The molecule has 1 amide bonds. The van der Waals surface area contributed by atoms with E-state index in [1.54, 1.807) is 18.3 Å². The van der Waals surface area contributed by atoms with Crippen LogP contribution in [0.15, 0.2) is 24.5 Å². The molecule has 1 fully saturated rings. The molecule has 1 atom stereocenters. The van der Waals surface area contributed by atoms with Gasteiger partial charge in [-0.2, -0.15) is 0 Å². The second-order valence-corrected chi connectivity index (χ2v) is 7.12. The van der Waals surface area contributed by atoms with Gasteiger partial charge in [0.15, 0.2) is 0 Å². The highest BCUT2D eigenvalue weighted by atomic mass is 35.6. The molecule has 1 aliphatic rings. The third kappa shape index (κ3) is 4.22. The Labute approximate surface area is 133 Å². The van der Waals surface area contributed by atoms with Crippen LogP contribution in [-0.4, -0.2) is 38.8 Å². The van der Waals surface area contributed by atoms with Crippen LogP contribution in [0.5, 0.6) is 0 Å². The highest BCUT2D eigenvalue weighted by molar-refractivity contribution is 6.68. The molecule has 1 aromatic rings. The van der Waals surface area contributed by atoms with Crippen LogP contribution in [0.4, 0.5) is 0 Å². The lowest BCUT2D eigenvalue weighted by atomic mass is 10.1. The summed E-state index contributed by atoms with van der Waals surface area (Å²) >= 11 is 18.1. The third-order valence-electron chi connectivity index (χ3n) is 3.26. The zero-order valence-corrected chi connectivity index (χ0v) is 13.1. The number of hydrogen-bond donors (Lipinski definition) is 1. The van der Waals surface area contributed by atoms with Gasteiger partial charge in [0.2, 0.25) is 3.79 Å². The number of likely N-dealkylation sites (tertiary alicyclic amines) is 1. The molecule has 2 heterocycles. The number of pyridine rings is 1. The molecule has 0 bridgehead atoms. The number of nitrogens with zero attached hydrogens (tertiary/aromatic N) is 2. The summed E-state index contributed by atoms with van der Waals surface area (Å²) in [5.74, 6) is -0.292. The van der Waals surface area contributed by atoms with E-state index in [0.717, 1.165) is 25.9 Å². The monoisotopic (exact) mass is 335 g/mol. The lowest BCUT2D eigenvalue weighted by Gasteiger charge is -2.38. The molecule has 110 valence electrons. The average molecular weight is 337 g/mol. The maximum absolute atomic E-state index is 12.2. The highest BCUT2D eigenvalue weighted by Gasteiger charge is 2.38. The molecule has 0 aromatic carbocycles. The van der Waals surface area contributed by atoms with Crippen molar-refractivity contribution in [2.24, 2.45) is 0 Å². The van der Waals surface area contributed by atoms with E-state index >= 15 is 0 Å². The molecule has 2 rings (SSSR count). The van der Waals surface area contributed by atoms with Crippen molar-refractivity contribution >= 4 is 40.7 Å². The molecule has 1 aliphatic heterocycles. The van der Waals surface area contributed by atoms with Crippen molar-refractivity contribution in [3.8, 4) is 0 Å². The summed E-state index contributed by atoms with van der Waals surface area (Å²) in [7, 11) is 0. The Hall–Kier alpha value is -0.550. The molecule has 7 heteroatoms. The van der Waals surface area contributed by atoms with Crippen molar-refractivity contribution in [3.63, 3.8) is 0 Å². The van der Waals surface area contributed by atoms with E-state index in [0.29, 0.717) is 5.56 Å². The van der Waals surface area contributed by atoms with Crippen molar-refractivity contribution in [1.29, 1.82) is 0 Å². The summed E-state index contributed by atoms with van der Waals surface area (Å²) in [5, 5.41) is 2.79. The molecular weight excluding hydrogens is 321 g/mol. The van der Waals surface area contributed by atoms with Gasteiger partial charge in [0.05, 0.1) is 5.56 Å². The van der Waals surface area contributed by atoms with Crippen LogP contribution in [0.3, 0.4) is 0 Å². The van der Waals surface area contributed by atoms with Gasteiger partial charge >= 0.3 is 0 Å². The van der Waals surface area contributed by atoms with Crippen molar-refractivity contribution in [1.82, 2.24) is 15.2 Å². The van der Waals surface area contributed by atoms with Gasteiger partial charge in [0.25, 0.3) is 5.91 Å². The third-order valence-corrected chi connectivity index (χ3v) is 3.88. The first kappa shape index (κ1) is 15.8. The summed E-state index contributed by atoms with van der Waals surface area (Å²) in [6.07, 6.45) is 5.70. The van der Waals surface area contributed by atoms with Gasteiger partial charge in [0.1, 0.15) is 6.17 Å². The Kier molecular flexibility index (Phi) is 5.49. The predicted molar refractivity (Wildman–Crippen MR) is 81.2 cm³/mol. The van der Waals surface area contributed by atoms with Crippen molar-refractivity contribution in [2.75, 3.05) is 13.1 Å². The largest absolute Gasteiger partial charge is 0.332 e. The smallest absolute Gasteiger partial charge is 0.254 e. The van der Waals surface area contributed by atoms with Crippen molar-refractivity contribution in [3.05, 3.63) is 30.1 Å². The van der Waals surface area contributed by atoms with Crippen LogP contribution in [0, 0.1) is 0 Å². The molecule has 1 N–H and O–H groups in total. The Morgan fingerprint density at radius 1 is 1.30 bits per heavy atom.